The molecule has 1 aliphatic rings. The maximum absolute atomic E-state index is 13.7. The Balaban J connectivity index is 2.13. The van der Waals surface area contributed by atoms with Crippen LogP contribution in [0.5, 0.6) is 0 Å². The predicted octanol–water partition coefficient (Wildman–Crippen LogP) is 3.06. The van der Waals surface area contributed by atoms with E-state index in [2.05, 4.69) is 17.1 Å². The van der Waals surface area contributed by atoms with Gasteiger partial charge in [-0.2, -0.15) is 0 Å². The number of hydrogen-bond donors (Lipinski definition) is 1. The van der Waals surface area contributed by atoms with Crippen molar-refractivity contribution in [3.05, 3.63) is 29.0 Å². The monoisotopic (exact) mass is 256 g/mol. The molecule has 1 heterocycles. The summed E-state index contributed by atoms with van der Waals surface area (Å²) in [4.78, 5) is 2.08. The lowest BCUT2D eigenvalue weighted by atomic mass is 10.0. The highest BCUT2D eigenvalue weighted by molar-refractivity contribution is 6.30. The lowest BCUT2D eigenvalue weighted by molar-refractivity contribution is 0.428. The van der Waals surface area contributed by atoms with Crippen molar-refractivity contribution in [3.63, 3.8) is 0 Å². The zero-order valence-electron chi connectivity index (χ0n) is 10.0. The molecule has 0 bridgehead atoms. The van der Waals surface area contributed by atoms with Crippen LogP contribution in [0.25, 0.3) is 0 Å². The fraction of sp³-hybridized carbons (Fsp3) is 0.538. The van der Waals surface area contributed by atoms with E-state index in [1.54, 1.807) is 12.1 Å². The molecule has 1 atom stereocenters. The molecule has 0 spiro atoms. The summed E-state index contributed by atoms with van der Waals surface area (Å²) in [5.74, 6) is -0.188. The molecule has 0 amide bonds. The van der Waals surface area contributed by atoms with Crippen LogP contribution < -0.4 is 10.2 Å². The summed E-state index contributed by atoms with van der Waals surface area (Å²) < 4.78 is 13.7. The molecule has 1 fully saturated rings. The third-order valence-corrected chi connectivity index (χ3v) is 3.40. The standard InChI is InChI=1S/C13H18ClFN2/c1-2-16-11-4-3-7-17(9-11)13-8-10(14)5-6-12(13)15/h5-6,8,11,16H,2-4,7,9H2,1H3. The number of anilines is 1. The number of nitrogens with one attached hydrogen (secondary N) is 1. The summed E-state index contributed by atoms with van der Waals surface area (Å²) in [6, 6.07) is 5.19. The van der Waals surface area contributed by atoms with E-state index in [9.17, 15) is 4.39 Å². The summed E-state index contributed by atoms with van der Waals surface area (Å²) in [6.07, 6.45) is 2.25. The lowest BCUT2D eigenvalue weighted by Crippen LogP contribution is -2.46. The lowest BCUT2D eigenvalue weighted by Gasteiger charge is -2.35. The summed E-state index contributed by atoms with van der Waals surface area (Å²) >= 11 is 5.92. The van der Waals surface area contributed by atoms with E-state index in [4.69, 9.17) is 11.6 Å². The minimum atomic E-state index is -0.188. The van der Waals surface area contributed by atoms with E-state index >= 15 is 0 Å². The Labute approximate surface area is 107 Å². The normalized spacial score (nSPS) is 20.6. The van der Waals surface area contributed by atoms with Gasteiger partial charge in [0.15, 0.2) is 0 Å². The van der Waals surface area contributed by atoms with E-state index in [0.717, 1.165) is 32.5 Å². The smallest absolute Gasteiger partial charge is 0.146 e. The Morgan fingerprint density at radius 2 is 2.35 bits per heavy atom. The van der Waals surface area contributed by atoms with E-state index in [1.807, 2.05) is 0 Å². The van der Waals surface area contributed by atoms with Crippen LogP contribution in [0.2, 0.25) is 5.02 Å². The third kappa shape index (κ3) is 3.11. The summed E-state index contributed by atoms with van der Waals surface area (Å²) in [6.45, 7) is 4.81. The molecule has 17 heavy (non-hydrogen) atoms. The van der Waals surface area contributed by atoms with Crippen molar-refractivity contribution in [1.29, 1.82) is 0 Å². The minimum absolute atomic E-state index is 0.188. The van der Waals surface area contributed by atoms with Gasteiger partial charge >= 0.3 is 0 Å². The molecule has 0 aromatic heterocycles. The molecule has 2 nitrogen and oxygen atoms in total. The van der Waals surface area contributed by atoms with Crippen molar-refractivity contribution in [1.82, 2.24) is 5.32 Å². The number of rotatable bonds is 3. The Morgan fingerprint density at radius 3 is 3.12 bits per heavy atom. The van der Waals surface area contributed by atoms with Crippen LogP contribution in [0.1, 0.15) is 19.8 Å². The fourth-order valence-corrected chi connectivity index (χ4v) is 2.55. The predicted molar refractivity (Wildman–Crippen MR) is 70.3 cm³/mol. The maximum atomic E-state index is 13.7. The average Bonchev–Trinajstić information content (AvgIpc) is 2.33. The van der Waals surface area contributed by atoms with Gasteiger partial charge in [0.2, 0.25) is 0 Å². The molecule has 1 saturated heterocycles. The first kappa shape index (κ1) is 12.7. The summed E-state index contributed by atoms with van der Waals surface area (Å²) in [5.41, 5.74) is 0.625. The maximum Gasteiger partial charge on any atom is 0.146 e. The highest BCUT2D eigenvalue weighted by atomic mass is 35.5. The van der Waals surface area contributed by atoms with Crippen molar-refractivity contribution in [2.75, 3.05) is 24.5 Å². The first-order chi connectivity index (χ1) is 8.20. The van der Waals surface area contributed by atoms with E-state index in [0.29, 0.717) is 16.8 Å². The Morgan fingerprint density at radius 1 is 1.53 bits per heavy atom. The summed E-state index contributed by atoms with van der Waals surface area (Å²) in [7, 11) is 0. The average molecular weight is 257 g/mol. The number of halogens is 2. The molecular weight excluding hydrogens is 239 g/mol. The molecule has 0 saturated carbocycles. The molecule has 2 rings (SSSR count). The zero-order chi connectivity index (χ0) is 12.3. The number of hydrogen-bond acceptors (Lipinski definition) is 2. The molecule has 0 aliphatic carbocycles. The van der Waals surface area contributed by atoms with Gasteiger partial charge in [0.05, 0.1) is 5.69 Å². The van der Waals surface area contributed by atoms with Gasteiger partial charge in [-0.15, -0.1) is 0 Å². The topological polar surface area (TPSA) is 15.3 Å². The quantitative estimate of drug-likeness (QED) is 0.894. The van der Waals surface area contributed by atoms with Crippen molar-refractivity contribution in [2.45, 2.75) is 25.8 Å². The zero-order valence-corrected chi connectivity index (χ0v) is 10.8. The van der Waals surface area contributed by atoms with Crippen molar-refractivity contribution >= 4 is 17.3 Å². The van der Waals surface area contributed by atoms with Gasteiger partial charge in [-0.3, -0.25) is 0 Å². The van der Waals surface area contributed by atoms with Gasteiger partial charge in [0.1, 0.15) is 5.82 Å². The van der Waals surface area contributed by atoms with Crippen LogP contribution in [0, 0.1) is 5.82 Å². The Hall–Kier alpha value is -0.800. The second-order valence-corrected chi connectivity index (χ2v) is 4.88. The fourth-order valence-electron chi connectivity index (χ4n) is 2.38. The molecule has 94 valence electrons. The SMILES string of the molecule is CCNC1CCCN(c2cc(Cl)ccc2F)C1. The summed E-state index contributed by atoms with van der Waals surface area (Å²) in [5, 5.41) is 4.01. The highest BCUT2D eigenvalue weighted by Crippen LogP contribution is 2.26. The molecule has 0 radical (unpaired) electrons. The van der Waals surface area contributed by atoms with E-state index in [-0.39, 0.29) is 5.82 Å². The van der Waals surface area contributed by atoms with Crippen LogP contribution >= 0.6 is 11.6 Å². The van der Waals surface area contributed by atoms with Crippen molar-refractivity contribution in [3.8, 4) is 0 Å². The Bertz CT molecular complexity index is 382. The molecule has 1 unspecified atom stereocenters. The van der Waals surface area contributed by atoms with Gasteiger partial charge in [0, 0.05) is 24.2 Å². The van der Waals surface area contributed by atoms with Crippen LogP contribution in [0.3, 0.4) is 0 Å². The van der Waals surface area contributed by atoms with Crippen molar-refractivity contribution < 1.29 is 4.39 Å². The molecule has 1 aliphatic heterocycles. The Kier molecular flexibility index (Phi) is 4.24. The molecule has 1 N–H and O–H groups in total. The van der Waals surface area contributed by atoms with E-state index in [1.165, 1.54) is 6.07 Å². The third-order valence-electron chi connectivity index (χ3n) is 3.16. The molecule has 1 aromatic rings. The first-order valence-electron chi connectivity index (χ1n) is 6.14. The second kappa shape index (κ2) is 5.69. The number of benzene rings is 1. The van der Waals surface area contributed by atoms with Gasteiger partial charge < -0.3 is 10.2 Å². The largest absolute Gasteiger partial charge is 0.368 e. The molecule has 4 heteroatoms. The number of nitrogens with zero attached hydrogens (tertiary/aromatic N) is 1. The van der Waals surface area contributed by atoms with Crippen LogP contribution in [0.4, 0.5) is 10.1 Å². The van der Waals surface area contributed by atoms with Gasteiger partial charge in [-0.05, 0) is 37.6 Å². The minimum Gasteiger partial charge on any atom is -0.368 e. The number of piperidine rings is 1. The van der Waals surface area contributed by atoms with Gasteiger partial charge in [-0.25, -0.2) is 4.39 Å². The molecule has 1 aromatic carbocycles. The molecular formula is C13H18ClFN2. The second-order valence-electron chi connectivity index (χ2n) is 4.44. The van der Waals surface area contributed by atoms with Crippen LogP contribution in [-0.4, -0.2) is 25.7 Å². The highest BCUT2D eigenvalue weighted by Gasteiger charge is 2.21. The van der Waals surface area contributed by atoms with Crippen molar-refractivity contribution in [2.24, 2.45) is 0 Å². The van der Waals surface area contributed by atoms with E-state index < -0.39 is 0 Å². The number of likely N-dealkylation sites (N-methyl/N-ethyl adjacent to an activating group) is 1. The van der Waals surface area contributed by atoms with Gasteiger partial charge in [-0.1, -0.05) is 18.5 Å². The van der Waals surface area contributed by atoms with Crippen LogP contribution in [0.15, 0.2) is 18.2 Å². The van der Waals surface area contributed by atoms with Crippen LogP contribution in [-0.2, 0) is 0 Å². The van der Waals surface area contributed by atoms with Gasteiger partial charge in [0.25, 0.3) is 0 Å². The first-order valence-corrected chi connectivity index (χ1v) is 6.52.